The van der Waals surface area contributed by atoms with Gasteiger partial charge in [-0.3, -0.25) is 4.79 Å². The van der Waals surface area contributed by atoms with Crippen molar-refractivity contribution in [2.75, 3.05) is 26.2 Å². The number of hydrogen-bond donors (Lipinski definition) is 1. The lowest BCUT2D eigenvalue weighted by Gasteiger charge is -2.49. The van der Waals surface area contributed by atoms with Crippen molar-refractivity contribution in [2.24, 2.45) is 16.7 Å². The fourth-order valence-corrected chi connectivity index (χ4v) is 4.87. The van der Waals surface area contributed by atoms with Crippen LogP contribution in [0, 0.1) is 16.7 Å². The highest BCUT2D eigenvalue weighted by Crippen LogP contribution is 2.48. The molecule has 120 valence electrons. The van der Waals surface area contributed by atoms with E-state index < -0.39 is 0 Å². The maximum atomic E-state index is 13.0. The Morgan fingerprint density at radius 2 is 1.81 bits per heavy atom. The van der Waals surface area contributed by atoms with Crippen LogP contribution in [0.3, 0.4) is 0 Å². The first-order chi connectivity index (χ1) is 10.1. The molecule has 0 atom stereocenters. The van der Waals surface area contributed by atoms with E-state index in [0.29, 0.717) is 17.2 Å². The van der Waals surface area contributed by atoms with Crippen molar-refractivity contribution in [3.8, 4) is 0 Å². The lowest BCUT2D eigenvalue weighted by atomic mass is 9.63. The summed E-state index contributed by atoms with van der Waals surface area (Å²) in [6, 6.07) is 0. The first kappa shape index (κ1) is 15.3. The summed E-state index contributed by atoms with van der Waals surface area (Å²) in [6.45, 7) is 8.87. The minimum absolute atomic E-state index is 0.0173. The second-order valence-electron chi connectivity index (χ2n) is 8.30. The Morgan fingerprint density at radius 3 is 2.29 bits per heavy atom. The molecular formula is C18H32N2O. The molecule has 1 spiro atoms. The Morgan fingerprint density at radius 1 is 1.10 bits per heavy atom. The largest absolute Gasteiger partial charge is 0.342 e. The summed E-state index contributed by atoms with van der Waals surface area (Å²) >= 11 is 0. The van der Waals surface area contributed by atoms with Crippen LogP contribution < -0.4 is 5.32 Å². The van der Waals surface area contributed by atoms with Crippen LogP contribution in [0.1, 0.15) is 65.2 Å². The molecule has 1 amide bonds. The van der Waals surface area contributed by atoms with Crippen LogP contribution in [0.2, 0.25) is 0 Å². The van der Waals surface area contributed by atoms with Crippen molar-refractivity contribution in [1.29, 1.82) is 0 Å². The molecule has 3 rings (SSSR count). The van der Waals surface area contributed by atoms with Gasteiger partial charge in [-0.1, -0.05) is 20.3 Å². The molecule has 2 saturated heterocycles. The number of nitrogens with zero attached hydrogens (tertiary/aromatic N) is 1. The van der Waals surface area contributed by atoms with Gasteiger partial charge in [-0.2, -0.15) is 0 Å². The van der Waals surface area contributed by atoms with E-state index in [4.69, 9.17) is 0 Å². The zero-order valence-electron chi connectivity index (χ0n) is 13.9. The number of hydrogen-bond acceptors (Lipinski definition) is 2. The van der Waals surface area contributed by atoms with E-state index in [0.717, 1.165) is 32.4 Å². The van der Waals surface area contributed by atoms with Gasteiger partial charge in [0.15, 0.2) is 0 Å². The minimum atomic E-state index is 0.0173. The van der Waals surface area contributed by atoms with Gasteiger partial charge in [0.25, 0.3) is 0 Å². The standard InChI is InChI=1S/C18H32N2O/c1-15(2)13-18(6-3-7-18)16(21)20-11-8-17(9-12-20)5-4-10-19-14-17/h15,19H,3-14H2,1-2H3. The fourth-order valence-electron chi connectivity index (χ4n) is 4.87. The average Bonchev–Trinajstić information content (AvgIpc) is 2.44. The van der Waals surface area contributed by atoms with Gasteiger partial charge >= 0.3 is 0 Å². The van der Waals surface area contributed by atoms with E-state index in [9.17, 15) is 4.79 Å². The highest BCUT2D eigenvalue weighted by atomic mass is 16.2. The van der Waals surface area contributed by atoms with Crippen molar-refractivity contribution in [2.45, 2.75) is 65.2 Å². The van der Waals surface area contributed by atoms with Crippen LogP contribution in [0.25, 0.3) is 0 Å². The zero-order chi connectivity index (χ0) is 14.9. The molecule has 3 heteroatoms. The summed E-state index contributed by atoms with van der Waals surface area (Å²) in [4.78, 5) is 15.2. The van der Waals surface area contributed by atoms with E-state index in [2.05, 4.69) is 24.1 Å². The van der Waals surface area contributed by atoms with Gasteiger partial charge in [0, 0.05) is 25.0 Å². The summed E-state index contributed by atoms with van der Waals surface area (Å²) in [5.74, 6) is 1.12. The van der Waals surface area contributed by atoms with Crippen molar-refractivity contribution in [1.82, 2.24) is 10.2 Å². The number of likely N-dealkylation sites (tertiary alicyclic amines) is 1. The summed E-state index contributed by atoms with van der Waals surface area (Å²) in [7, 11) is 0. The Labute approximate surface area is 129 Å². The molecule has 1 saturated carbocycles. The molecule has 2 aliphatic heterocycles. The quantitative estimate of drug-likeness (QED) is 0.866. The summed E-state index contributed by atoms with van der Waals surface area (Å²) in [5.41, 5.74) is 0.517. The molecule has 0 aromatic heterocycles. The average molecular weight is 292 g/mol. The lowest BCUT2D eigenvalue weighted by Crippen LogP contribution is -2.54. The van der Waals surface area contributed by atoms with E-state index in [1.165, 1.54) is 45.2 Å². The maximum Gasteiger partial charge on any atom is 0.228 e. The van der Waals surface area contributed by atoms with Gasteiger partial charge in [-0.25, -0.2) is 0 Å². The molecular weight excluding hydrogens is 260 g/mol. The summed E-state index contributed by atoms with van der Waals surface area (Å²) in [5, 5.41) is 3.56. The molecule has 0 bridgehead atoms. The number of piperidine rings is 2. The third kappa shape index (κ3) is 2.99. The molecule has 3 fully saturated rings. The number of amides is 1. The predicted octanol–water partition coefficient (Wildman–Crippen LogP) is 3.20. The highest BCUT2D eigenvalue weighted by molar-refractivity contribution is 5.83. The predicted molar refractivity (Wildman–Crippen MR) is 86.1 cm³/mol. The molecule has 2 heterocycles. The Hall–Kier alpha value is -0.570. The van der Waals surface area contributed by atoms with Crippen LogP contribution in [0.4, 0.5) is 0 Å². The van der Waals surface area contributed by atoms with E-state index in [1.54, 1.807) is 0 Å². The van der Waals surface area contributed by atoms with Crippen molar-refractivity contribution in [3.05, 3.63) is 0 Å². The normalized spacial score (nSPS) is 27.7. The summed E-state index contributed by atoms with van der Waals surface area (Å²) in [6.07, 6.45) is 9.70. The van der Waals surface area contributed by atoms with Crippen LogP contribution in [-0.2, 0) is 4.79 Å². The SMILES string of the molecule is CC(C)CC1(C(=O)N2CCC3(CCCNC3)CC2)CCC1. The van der Waals surface area contributed by atoms with Gasteiger partial charge in [0.2, 0.25) is 5.91 Å². The molecule has 0 aromatic carbocycles. The second-order valence-corrected chi connectivity index (χ2v) is 8.30. The monoisotopic (exact) mass is 292 g/mol. The van der Waals surface area contributed by atoms with Gasteiger partial charge in [-0.15, -0.1) is 0 Å². The van der Waals surface area contributed by atoms with Crippen LogP contribution in [-0.4, -0.2) is 37.0 Å². The molecule has 21 heavy (non-hydrogen) atoms. The van der Waals surface area contributed by atoms with Crippen molar-refractivity contribution < 1.29 is 4.79 Å². The van der Waals surface area contributed by atoms with Gasteiger partial charge in [0.1, 0.15) is 0 Å². The molecule has 1 N–H and O–H groups in total. The van der Waals surface area contributed by atoms with Crippen LogP contribution in [0.15, 0.2) is 0 Å². The highest BCUT2D eigenvalue weighted by Gasteiger charge is 2.47. The molecule has 0 unspecified atom stereocenters. The van der Waals surface area contributed by atoms with E-state index in [-0.39, 0.29) is 5.41 Å². The maximum absolute atomic E-state index is 13.0. The Kier molecular flexibility index (Phi) is 4.31. The number of carbonyl (C=O) groups excluding carboxylic acids is 1. The molecule has 1 aliphatic carbocycles. The Bertz CT molecular complexity index is 371. The van der Waals surface area contributed by atoms with Crippen molar-refractivity contribution in [3.63, 3.8) is 0 Å². The van der Waals surface area contributed by atoms with Gasteiger partial charge < -0.3 is 10.2 Å². The van der Waals surface area contributed by atoms with E-state index >= 15 is 0 Å². The van der Waals surface area contributed by atoms with Crippen LogP contribution in [0.5, 0.6) is 0 Å². The van der Waals surface area contributed by atoms with Gasteiger partial charge in [0.05, 0.1) is 0 Å². The number of carbonyl (C=O) groups is 1. The lowest BCUT2D eigenvalue weighted by molar-refractivity contribution is -0.151. The zero-order valence-corrected chi connectivity index (χ0v) is 13.9. The molecule has 0 aromatic rings. The first-order valence-corrected chi connectivity index (χ1v) is 9.06. The Balaban J connectivity index is 1.59. The van der Waals surface area contributed by atoms with Crippen LogP contribution >= 0.6 is 0 Å². The van der Waals surface area contributed by atoms with Gasteiger partial charge in [-0.05, 0) is 62.8 Å². The molecule has 0 radical (unpaired) electrons. The number of nitrogens with one attached hydrogen (secondary N) is 1. The fraction of sp³-hybridized carbons (Fsp3) is 0.944. The van der Waals surface area contributed by atoms with Crippen molar-refractivity contribution >= 4 is 5.91 Å². The van der Waals surface area contributed by atoms with E-state index in [1.807, 2.05) is 0 Å². The molecule has 3 nitrogen and oxygen atoms in total. The smallest absolute Gasteiger partial charge is 0.228 e. The third-order valence-electron chi connectivity index (χ3n) is 6.24. The summed E-state index contributed by atoms with van der Waals surface area (Å²) < 4.78 is 0. The number of rotatable bonds is 3. The topological polar surface area (TPSA) is 32.3 Å². The molecule has 3 aliphatic rings. The minimum Gasteiger partial charge on any atom is -0.342 e. The first-order valence-electron chi connectivity index (χ1n) is 9.06. The third-order valence-corrected chi connectivity index (χ3v) is 6.24. The second kappa shape index (κ2) is 5.91.